The van der Waals surface area contributed by atoms with Gasteiger partial charge < -0.3 is 15.8 Å². The molecule has 1 aromatic heterocycles. The molecule has 7 nitrogen and oxygen atoms in total. The third kappa shape index (κ3) is 6.02. The molecule has 0 aliphatic heterocycles. The van der Waals surface area contributed by atoms with E-state index in [1.54, 1.807) is 30.6 Å². The number of anilines is 3. The fraction of sp³-hybridized carbons (Fsp3) is 0.0606. The van der Waals surface area contributed by atoms with Gasteiger partial charge in [-0.1, -0.05) is 60.3 Å². The predicted octanol–water partition coefficient (Wildman–Crippen LogP) is 8.19. The van der Waals surface area contributed by atoms with Crippen LogP contribution in [0.2, 0.25) is 0 Å². The van der Waals surface area contributed by atoms with Gasteiger partial charge in [0.15, 0.2) is 0 Å². The van der Waals surface area contributed by atoms with Crippen molar-refractivity contribution in [2.45, 2.75) is 15.7 Å². The minimum Gasteiger partial charge on any atom is -0.448 e. The van der Waals surface area contributed by atoms with E-state index in [9.17, 15) is 9.59 Å². The molecule has 0 saturated carbocycles. The summed E-state index contributed by atoms with van der Waals surface area (Å²) in [6.45, 7) is 0.251. The van der Waals surface area contributed by atoms with E-state index < -0.39 is 6.09 Å². The average molecular weight is 638 g/mol. The Morgan fingerprint density at radius 2 is 1.52 bits per heavy atom. The molecule has 0 radical (unpaired) electrons. The fourth-order valence-electron chi connectivity index (χ4n) is 4.95. The predicted molar refractivity (Wildman–Crippen MR) is 170 cm³/mol. The van der Waals surface area contributed by atoms with Crippen LogP contribution in [0.4, 0.5) is 21.9 Å². The monoisotopic (exact) mass is 636 g/mol. The lowest BCUT2D eigenvalue weighted by Crippen LogP contribution is -2.17. The molecule has 5 aromatic rings. The van der Waals surface area contributed by atoms with Gasteiger partial charge >= 0.3 is 6.09 Å². The average Bonchev–Trinajstić information content (AvgIpc) is 3.31. The number of carbonyl (C=O) groups is 2. The molecule has 9 heteroatoms. The van der Waals surface area contributed by atoms with Gasteiger partial charge in [0.2, 0.25) is 0 Å². The van der Waals surface area contributed by atoms with Gasteiger partial charge in [-0.2, -0.15) is 0 Å². The largest absolute Gasteiger partial charge is 0.448 e. The summed E-state index contributed by atoms with van der Waals surface area (Å²) in [5.74, 6) is -0.274. The second-order valence-electron chi connectivity index (χ2n) is 9.68. The number of ether oxygens (including phenoxy) is 1. The van der Waals surface area contributed by atoms with Crippen molar-refractivity contribution in [3.8, 4) is 11.1 Å². The molecular weight excluding hydrogens is 612 g/mol. The van der Waals surface area contributed by atoms with Gasteiger partial charge in [0.1, 0.15) is 6.61 Å². The molecule has 208 valence electrons. The number of amides is 2. The van der Waals surface area contributed by atoms with E-state index >= 15 is 0 Å². The summed E-state index contributed by atoms with van der Waals surface area (Å²) >= 11 is 4.81. The molecule has 0 saturated heterocycles. The number of pyridine rings is 1. The highest BCUT2D eigenvalue weighted by molar-refractivity contribution is 9.10. The van der Waals surface area contributed by atoms with Crippen LogP contribution in [-0.2, 0) is 4.74 Å². The second kappa shape index (κ2) is 12.1. The quantitative estimate of drug-likeness (QED) is 0.155. The maximum atomic E-state index is 12.6. The maximum Gasteiger partial charge on any atom is 0.411 e. The SMILES string of the molecule is Nc1cc(C(=O)Nc2cncc(Br)c2)ccc1Sc1ccc(NC(=O)OCC2c3ccccc3-c3ccccc32)cc1. The lowest BCUT2D eigenvalue weighted by Gasteiger charge is -2.14. The summed E-state index contributed by atoms with van der Waals surface area (Å²) in [5, 5.41) is 5.62. The van der Waals surface area contributed by atoms with E-state index in [2.05, 4.69) is 55.8 Å². The number of nitrogens with two attached hydrogens (primary N) is 1. The van der Waals surface area contributed by atoms with Crippen molar-refractivity contribution in [3.63, 3.8) is 0 Å². The number of hydrogen-bond acceptors (Lipinski definition) is 6. The Kier molecular flexibility index (Phi) is 7.94. The molecule has 42 heavy (non-hydrogen) atoms. The van der Waals surface area contributed by atoms with E-state index in [1.807, 2.05) is 54.6 Å². The van der Waals surface area contributed by atoms with Crippen LogP contribution in [-0.4, -0.2) is 23.6 Å². The van der Waals surface area contributed by atoms with Crippen molar-refractivity contribution in [3.05, 3.63) is 131 Å². The number of halogens is 1. The van der Waals surface area contributed by atoms with Crippen LogP contribution in [0.15, 0.2) is 124 Å². The Morgan fingerprint density at radius 1 is 0.833 bits per heavy atom. The number of nitrogens with zero attached hydrogens (tertiary/aromatic N) is 1. The minimum absolute atomic E-state index is 0.00219. The Hall–Kier alpha value is -4.60. The number of rotatable bonds is 7. The van der Waals surface area contributed by atoms with Crippen LogP contribution in [0.5, 0.6) is 0 Å². The third-order valence-electron chi connectivity index (χ3n) is 6.91. The number of fused-ring (bicyclic) bond motifs is 3. The van der Waals surface area contributed by atoms with Crippen molar-refractivity contribution in [2.24, 2.45) is 0 Å². The Balaban J connectivity index is 1.04. The number of hydrogen-bond donors (Lipinski definition) is 3. The van der Waals surface area contributed by atoms with Gasteiger partial charge in [0.25, 0.3) is 5.91 Å². The molecule has 0 spiro atoms. The summed E-state index contributed by atoms with van der Waals surface area (Å²) in [6, 6.07) is 30.9. The molecular formula is C33H25BrN4O3S. The second-order valence-corrected chi connectivity index (χ2v) is 11.7. The number of aromatic nitrogens is 1. The molecule has 1 heterocycles. The molecule has 0 fully saturated rings. The van der Waals surface area contributed by atoms with Gasteiger partial charge in [0.05, 0.1) is 11.9 Å². The first kappa shape index (κ1) is 27.6. The molecule has 0 atom stereocenters. The maximum absolute atomic E-state index is 12.6. The van der Waals surface area contributed by atoms with Gasteiger partial charge in [-0.15, -0.1) is 0 Å². The first-order valence-electron chi connectivity index (χ1n) is 13.2. The summed E-state index contributed by atoms with van der Waals surface area (Å²) in [6.07, 6.45) is 2.71. The number of benzene rings is 4. The number of nitrogens with one attached hydrogen (secondary N) is 2. The topological polar surface area (TPSA) is 106 Å². The molecule has 1 aliphatic rings. The van der Waals surface area contributed by atoms with Crippen LogP contribution in [0.3, 0.4) is 0 Å². The first-order chi connectivity index (χ1) is 20.4. The summed E-state index contributed by atoms with van der Waals surface area (Å²) < 4.78 is 6.42. The molecule has 0 bridgehead atoms. The highest BCUT2D eigenvalue weighted by Gasteiger charge is 2.29. The molecule has 4 aromatic carbocycles. The van der Waals surface area contributed by atoms with Crippen LogP contribution in [0.25, 0.3) is 11.1 Å². The zero-order valence-electron chi connectivity index (χ0n) is 22.2. The number of carbonyl (C=O) groups excluding carboxylic acids is 2. The lowest BCUT2D eigenvalue weighted by molar-refractivity contribution is 0.102. The van der Waals surface area contributed by atoms with Crippen molar-refractivity contribution >= 4 is 56.8 Å². The van der Waals surface area contributed by atoms with E-state index in [0.717, 1.165) is 14.3 Å². The normalized spacial score (nSPS) is 11.8. The lowest BCUT2D eigenvalue weighted by atomic mass is 9.98. The van der Waals surface area contributed by atoms with Gasteiger partial charge in [-0.3, -0.25) is 15.1 Å². The Morgan fingerprint density at radius 3 is 2.19 bits per heavy atom. The van der Waals surface area contributed by atoms with Crippen molar-refractivity contribution < 1.29 is 14.3 Å². The molecule has 0 unspecified atom stereocenters. The summed E-state index contributed by atoms with van der Waals surface area (Å²) in [7, 11) is 0. The zero-order chi connectivity index (χ0) is 29.1. The van der Waals surface area contributed by atoms with Gasteiger partial charge in [-0.25, -0.2) is 4.79 Å². The van der Waals surface area contributed by atoms with Crippen LogP contribution < -0.4 is 16.4 Å². The van der Waals surface area contributed by atoms with Crippen molar-refractivity contribution in [1.82, 2.24) is 4.98 Å². The number of nitrogen functional groups attached to an aromatic ring is 1. The Bertz CT molecular complexity index is 1750. The molecule has 2 amide bonds. The van der Waals surface area contributed by atoms with Gasteiger partial charge in [-0.05, 0) is 86.7 Å². The molecule has 1 aliphatic carbocycles. The van der Waals surface area contributed by atoms with Crippen LogP contribution in [0, 0.1) is 0 Å². The minimum atomic E-state index is -0.506. The highest BCUT2D eigenvalue weighted by Crippen LogP contribution is 2.44. The summed E-state index contributed by atoms with van der Waals surface area (Å²) in [4.78, 5) is 31.1. The van der Waals surface area contributed by atoms with E-state index in [1.165, 1.54) is 34.0 Å². The van der Waals surface area contributed by atoms with Crippen molar-refractivity contribution in [2.75, 3.05) is 23.0 Å². The highest BCUT2D eigenvalue weighted by atomic mass is 79.9. The Labute approximate surface area is 255 Å². The first-order valence-corrected chi connectivity index (χ1v) is 14.8. The van der Waals surface area contributed by atoms with Crippen molar-refractivity contribution in [1.29, 1.82) is 0 Å². The standard InChI is InChI=1S/C33H25BrN4O3S/c34-21-16-23(18-36-17-21)37-32(39)20-9-14-31(30(35)15-20)42-24-12-10-22(11-13-24)38-33(40)41-19-29-27-7-3-1-5-25(27)26-6-2-4-8-28(26)29/h1-18,29H,19,35H2,(H,37,39)(H,38,40). The zero-order valence-corrected chi connectivity index (χ0v) is 24.6. The third-order valence-corrected chi connectivity index (χ3v) is 8.44. The van der Waals surface area contributed by atoms with Crippen LogP contribution >= 0.6 is 27.7 Å². The summed E-state index contributed by atoms with van der Waals surface area (Å²) in [5.41, 5.74) is 13.1. The fourth-order valence-corrected chi connectivity index (χ4v) is 6.16. The van der Waals surface area contributed by atoms with Gasteiger partial charge in [0, 0.05) is 43.3 Å². The molecule has 4 N–H and O–H groups in total. The van der Waals surface area contributed by atoms with E-state index in [0.29, 0.717) is 22.6 Å². The van der Waals surface area contributed by atoms with E-state index in [-0.39, 0.29) is 18.4 Å². The van der Waals surface area contributed by atoms with E-state index in [4.69, 9.17) is 10.5 Å². The smallest absolute Gasteiger partial charge is 0.411 e. The molecule has 6 rings (SSSR count). The van der Waals surface area contributed by atoms with Crippen LogP contribution in [0.1, 0.15) is 27.4 Å².